The highest BCUT2D eigenvalue weighted by molar-refractivity contribution is 6.35. The lowest BCUT2D eigenvalue weighted by atomic mass is 10.2. The van der Waals surface area contributed by atoms with Crippen molar-refractivity contribution in [1.82, 2.24) is 0 Å². The number of ether oxygens (including phenoxy) is 1. The molecule has 0 amide bonds. The van der Waals surface area contributed by atoms with Crippen molar-refractivity contribution in [1.29, 1.82) is 0 Å². The van der Waals surface area contributed by atoms with Gasteiger partial charge in [0.2, 0.25) is 0 Å². The molecule has 0 bridgehead atoms. The van der Waals surface area contributed by atoms with Gasteiger partial charge in [-0.15, -0.1) is 0 Å². The summed E-state index contributed by atoms with van der Waals surface area (Å²) < 4.78 is 5.72. The van der Waals surface area contributed by atoms with E-state index in [2.05, 4.69) is 12.2 Å². The van der Waals surface area contributed by atoms with Crippen molar-refractivity contribution >= 4 is 23.2 Å². The van der Waals surface area contributed by atoms with Gasteiger partial charge in [-0.1, -0.05) is 36.5 Å². The smallest absolute Gasteiger partial charge is 0.140 e. The van der Waals surface area contributed by atoms with Gasteiger partial charge in [-0.05, 0) is 31.0 Å². The molecule has 18 heavy (non-hydrogen) atoms. The van der Waals surface area contributed by atoms with Crippen LogP contribution in [0.15, 0.2) is 12.1 Å². The maximum absolute atomic E-state index is 6.10. The SMILES string of the molecule is CCCC[NH2+]CCCOc1c(C)cc(Cl)cc1Cl. The molecule has 0 heterocycles. The second-order valence-electron chi connectivity index (χ2n) is 4.46. The molecule has 1 aromatic carbocycles. The minimum absolute atomic E-state index is 0.593. The number of nitrogens with two attached hydrogens (primary N) is 1. The molecule has 2 N–H and O–H groups in total. The first kappa shape index (κ1) is 15.6. The van der Waals surface area contributed by atoms with Gasteiger partial charge in [-0.2, -0.15) is 0 Å². The summed E-state index contributed by atoms with van der Waals surface area (Å²) in [6.45, 7) is 7.18. The molecule has 0 aliphatic carbocycles. The summed E-state index contributed by atoms with van der Waals surface area (Å²) in [6.07, 6.45) is 3.57. The highest BCUT2D eigenvalue weighted by Crippen LogP contribution is 2.31. The van der Waals surface area contributed by atoms with E-state index in [4.69, 9.17) is 27.9 Å². The van der Waals surface area contributed by atoms with Gasteiger partial charge in [-0.25, -0.2) is 0 Å². The quantitative estimate of drug-likeness (QED) is 0.730. The van der Waals surface area contributed by atoms with Crippen LogP contribution in [0.3, 0.4) is 0 Å². The van der Waals surface area contributed by atoms with Crippen LogP contribution in [-0.4, -0.2) is 19.7 Å². The largest absolute Gasteiger partial charge is 0.492 e. The fourth-order valence-corrected chi connectivity index (χ4v) is 2.42. The standard InChI is InChI=1S/C14H21Cl2NO/c1-3-4-6-17-7-5-8-18-14-11(2)9-12(15)10-13(14)16/h9-10,17H,3-8H2,1-2H3/p+1. The number of aryl methyl sites for hydroxylation is 1. The summed E-state index contributed by atoms with van der Waals surface area (Å²) in [5.41, 5.74) is 0.988. The Labute approximate surface area is 120 Å². The number of halogens is 2. The van der Waals surface area contributed by atoms with Crippen LogP contribution in [0, 0.1) is 6.92 Å². The summed E-state index contributed by atoms with van der Waals surface area (Å²) >= 11 is 12.0. The molecular weight excluding hydrogens is 269 g/mol. The van der Waals surface area contributed by atoms with E-state index in [-0.39, 0.29) is 0 Å². The fourth-order valence-electron chi connectivity index (χ4n) is 1.77. The van der Waals surface area contributed by atoms with E-state index in [1.165, 1.54) is 19.4 Å². The van der Waals surface area contributed by atoms with Gasteiger partial charge >= 0.3 is 0 Å². The topological polar surface area (TPSA) is 25.8 Å². The van der Waals surface area contributed by atoms with Crippen molar-refractivity contribution in [2.45, 2.75) is 33.1 Å². The third kappa shape index (κ3) is 5.47. The number of hydrogen-bond acceptors (Lipinski definition) is 1. The fraction of sp³-hybridized carbons (Fsp3) is 0.571. The number of benzene rings is 1. The Morgan fingerprint density at radius 1 is 1.17 bits per heavy atom. The summed E-state index contributed by atoms with van der Waals surface area (Å²) in [7, 11) is 0. The molecule has 0 saturated carbocycles. The van der Waals surface area contributed by atoms with Crippen LogP contribution in [-0.2, 0) is 0 Å². The van der Waals surface area contributed by atoms with Crippen molar-refractivity contribution in [2.75, 3.05) is 19.7 Å². The van der Waals surface area contributed by atoms with Gasteiger partial charge in [0, 0.05) is 11.4 Å². The van der Waals surface area contributed by atoms with Crippen LogP contribution in [0.4, 0.5) is 0 Å². The van der Waals surface area contributed by atoms with Crippen LogP contribution in [0.2, 0.25) is 10.0 Å². The van der Waals surface area contributed by atoms with Crippen LogP contribution in [0.25, 0.3) is 0 Å². The number of rotatable bonds is 8. The van der Waals surface area contributed by atoms with Crippen LogP contribution < -0.4 is 10.1 Å². The zero-order valence-corrected chi connectivity index (χ0v) is 12.7. The van der Waals surface area contributed by atoms with Crippen molar-refractivity contribution in [3.63, 3.8) is 0 Å². The normalized spacial score (nSPS) is 10.7. The van der Waals surface area contributed by atoms with Crippen molar-refractivity contribution < 1.29 is 10.1 Å². The van der Waals surface area contributed by atoms with Crippen molar-refractivity contribution in [3.8, 4) is 5.75 Å². The van der Waals surface area contributed by atoms with Crippen LogP contribution in [0.5, 0.6) is 5.75 Å². The second-order valence-corrected chi connectivity index (χ2v) is 5.30. The summed E-state index contributed by atoms with van der Waals surface area (Å²) in [5, 5.41) is 3.58. The van der Waals surface area contributed by atoms with Gasteiger partial charge < -0.3 is 10.1 Å². The minimum Gasteiger partial charge on any atom is -0.492 e. The molecule has 0 spiro atoms. The minimum atomic E-state index is 0.593. The monoisotopic (exact) mass is 290 g/mol. The first-order valence-corrected chi connectivity index (χ1v) is 7.30. The van der Waals surface area contributed by atoms with Gasteiger partial charge in [0.1, 0.15) is 5.75 Å². The van der Waals surface area contributed by atoms with Gasteiger partial charge in [0.25, 0.3) is 0 Å². The molecule has 0 fully saturated rings. The summed E-state index contributed by atoms with van der Waals surface area (Å²) in [6, 6.07) is 3.59. The molecule has 0 atom stereocenters. The predicted molar refractivity (Wildman–Crippen MR) is 77.9 cm³/mol. The molecule has 1 rings (SSSR count). The van der Waals surface area contributed by atoms with Crippen molar-refractivity contribution in [2.24, 2.45) is 0 Å². The van der Waals surface area contributed by atoms with E-state index in [1.54, 1.807) is 6.07 Å². The molecule has 0 aliphatic rings. The molecule has 0 saturated heterocycles. The molecule has 4 heteroatoms. The highest BCUT2D eigenvalue weighted by atomic mass is 35.5. The molecule has 0 radical (unpaired) electrons. The average molecular weight is 291 g/mol. The first-order chi connectivity index (χ1) is 8.65. The Hall–Kier alpha value is -0.440. The zero-order chi connectivity index (χ0) is 13.4. The lowest BCUT2D eigenvalue weighted by Gasteiger charge is -2.11. The Balaban J connectivity index is 2.27. The van der Waals surface area contributed by atoms with E-state index < -0.39 is 0 Å². The predicted octanol–water partition coefficient (Wildman–Crippen LogP) is 3.43. The number of quaternary nitrogens is 1. The second kappa shape index (κ2) is 8.63. The van der Waals surface area contributed by atoms with Gasteiger partial charge in [0.05, 0.1) is 24.7 Å². The Morgan fingerprint density at radius 2 is 1.89 bits per heavy atom. The van der Waals surface area contributed by atoms with E-state index in [0.29, 0.717) is 16.7 Å². The molecule has 102 valence electrons. The Morgan fingerprint density at radius 3 is 2.56 bits per heavy atom. The van der Waals surface area contributed by atoms with E-state index in [9.17, 15) is 0 Å². The van der Waals surface area contributed by atoms with E-state index in [1.807, 2.05) is 13.0 Å². The molecule has 0 aliphatic heterocycles. The maximum atomic E-state index is 6.10. The zero-order valence-electron chi connectivity index (χ0n) is 11.1. The lowest BCUT2D eigenvalue weighted by Crippen LogP contribution is -2.84. The maximum Gasteiger partial charge on any atom is 0.140 e. The van der Waals surface area contributed by atoms with E-state index in [0.717, 1.165) is 24.3 Å². The van der Waals surface area contributed by atoms with Gasteiger partial charge in [-0.3, -0.25) is 0 Å². The average Bonchev–Trinajstić information content (AvgIpc) is 2.30. The third-order valence-corrected chi connectivity index (χ3v) is 3.25. The third-order valence-electron chi connectivity index (χ3n) is 2.75. The molecule has 0 unspecified atom stereocenters. The Kier molecular flexibility index (Phi) is 7.48. The Bertz CT molecular complexity index is 346. The van der Waals surface area contributed by atoms with Crippen LogP contribution in [0.1, 0.15) is 31.7 Å². The number of hydrogen-bond donors (Lipinski definition) is 1. The highest BCUT2D eigenvalue weighted by Gasteiger charge is 2.07. The molecule has 1 aromatic rings. The van der Waals surface area contributed by atoms with Crippen molar-refractivity contribution in [3.05, 3.63) is 27.7 Å². The molecular formula is C14H22Cl2NO+. The lowest BCUT2D eigenvalue weighted by molar-refractivity contribution is -0.655. The first-order valence-electron chi connectivity index (χ1n) is 6.55. The molecule has 0 aromatic heterocycles. The summed E-state index contributed by atoms with van der Waals surface area (Å²) in [4.78, 5) is 0. The number of unbranched alkanes of at least 4 members (excludes halogenated alkanes) is 1. The van der Waals surface area contributed by atoms with Crippen LogP contribution >= 0.6 is 23.2 Å². The van der Waals surface area contributed by atoms with Gasteiger partial charge in [0.15, 0.2) is 0 Å². The summed E-state index contributed by atoms with van der Waals surface area (Å²) in [5.74, 6) is 0.759. The molecule has 2 nitrogen and oxygen atoms in total. The van der Waals surface area contributed by atoms with E-state index >= 15 is 0 Å².